The summed E-state index contributed by atoms with van der Waals surface area (Å²) in [6, 6.07) is 15.2. The second-order valence-electron chi connectivity index (χ2n) is 4.36. The van der Waals surface area contributed by atoms with Gasteiger partial charge in [0.05, 0.1) is 7.11 Å². The first-order chi connectivity index (χ1) is 9.72. The van der Waals surface area contributed by atoms with Crippen LogP contribution in [0.2, 0.25) is 0 Å². The van der Waals surface area contributed by atoms with E-state index in [1.54, 1.807) is 25.3 Å². The van der Waals surface area contributed by atoms with E-state index >= 15 is 0 Å². The van der Waals surface area contributed by atoms with E-state index in [1.807, 2.05) is 30.3 Å². The van der Waals surface area contributed by atoms with Gasteiger partial charge < -0.3 is 10.1 Å². The van der Waals surface area contributed by atoms with Crippen LogP contribution in [0.5, 0.6) is 5.75 Å². The van der Waals surface area contributed by atoms with Gasteiger partial charge in [0.25, 0.3) is 5.91 Å². The number of alkyl halides is 1. The molecule has 1 amide bonds. The molecule has 4 heteroatoms. The Labute approximate surface area is 127 Å². The lowest BCUT2D eigenvalue weighted by Gasteiger charge is -2.07. The van der Waals surface area contributed by atoms with E-state index in [0.717, 1.165) is 10.9 Å². The van der Waals surface area contributed by atoms with Crippen molar-refractivity contribution >= 4 is 21.8 Å². The number of rotatable bonds is 5. The molecule has 0 atom stereocenters. The van der Waals surface area contributed by atoms with Crippen LogP contribution in [-0.2, 0) is 11.9 Å². The highest BCUT2D eigenvalue weighted by atomic mass is 79.9. The van der Waals surface area contributed by atoms with Crippen LogP contribution < -0.4 is 10.1 Å². The van der Waals surface area contributed by atoms with Crippen molar-refractivity contribution in [3.05, 3.63) is 65.2 Å². The van der Waals surface area contributed by atoms with E-state index in [0.29, 0.717) is 17.9 Å². The molecule has 0 aromatic heterocycles. The normalized spacial score (nSPS) is 10.1. The first-order valence-electron chi connectivity index (χ1n) is 6.29. The van der Waals surface area contributed by atoms with Gasteiger partial charge in [0, 0.05) is 17.4 Å². The zero-order valence-electron chi connectivity index (χ0n) is 11.2. The van der Waals surface area contributed by atoms with Crippen LogP contribution in [-0.4, -0.2) is 13.0 Å². The van der Waals surface area contributed by atoms with Gasteiger partial charge in [-0.05, 0) is 29.3 Å². The Morgan fingerprint density at radius 2 is 1.85 bits per heavy atom. The number of methoxy groups -OCH3 is 1. The van der Waals surface area contributed by atoms with Crippen LogP contribution in [0.25, 0.3) is 0 Å². The summed E-state index contributed by atoms with van der Waals surface area (Å²) in [4.78, 5) is 12.0. The summed E-state index contributed by atoms with van der Waals surface area (Å²) in [5.41, 5.74) is 2.89. The summed E-state index contributed by atoms with van der Waals surface area (Å²) in [6.07, 6.45) is 0. The Balaban J connectivity index is 1.97. The second-order valence-corrected chi connectivity index (χ2v) is 4.93. The maximum Gasteiger partial charge on any atom is 0.251 e. The van der Waals surface area contributed by atoms with E-state index < -0.39 is 0 Å². The number of carbonyl (C=O) groups excluding carboxylic acids is 1. The number of nitrogens with one attached hydrogen (secondary N) is 1. The lowest BCUT2D eigenvalue weighted by atomic mass is 10.1. The molecule has 2 rings (SSSR count). The van der Waals surface area contributed by atoms with Crippen molar-refractivity contribution in [2.45, 2.75) is 11.9 Å². The number of carbonyl (C=O) groups is 1. The Morgan fingerprint density at radius 3 is 2.50 bits per heavy atom. The molecule has 0 saturated heterocycles. The van der Waals surface area contributed by atoms with Crippen molar-refractivity contribution in [3.8, 4) is 5.75 Å². The number of ether oxygens (including phenoxy) is 1. The zero-order chi connectivity index (χ0) is 14.4. The summed E-state index contributed by atoms with van der Waals surface area (Å²) in [5.74, 6) is 0.577. The lowest BCUT2D eigenvalue weighted by Crippen LogP contribution is -2.22. The highest BCUT2D eigenvalue weighted by molar-refractivity contribution is 9.08. The first kappa shape index (κ1) is 14.6. The number of halogens is 1. The van der Waals surface area contributed by atoms with Gasteiger partial charge >= 0.3 is 0 Å². The molecule has 0 aliphatic heterocycles. The smallest absolute Gasteiger partial charge is 0.251 e. The minimum Gasteiger partial charge on any atom is -0.497 e. The Kier molecular flexibility index (Phi) is 5.18. The predicted molar refractivity (Wildman–Crippen MR) is 83.2 cm³/mol. The highest BCUT2D eigenvalue weighted by Crippen LogP contribution is 2.13. The van der Waals surface area contributed by atoms with Crippen LogP contribution in [0.3, 0.4) is 0 Å². The largest absolute Gasteiger partial charge is 0.497 e. The van der Waals surface area contributed by atoms with Gasteiger partial charge in [-0.25, -0.2) is 0 Å². The number of hydrogen-bond acceptors (Lipinski definition) is 2. The summed E-state index contributed by atoms with van der Waals surface area (Å²) >= 11 is 3.41. The Bertz CT molecular complexity index is 581. The molecule has 0 bridgehead atoms. The SMILES string of the molecule is COc1cccc(C(=O)NCc2ccc(CBr)cc2)c1. The zero-order valence-corrected chi connectivity index (χ0v) is 12.8. The van der Waals surface area contributed by atoms with Gasteiger partial charge in [-0.3, -0.25) is 4.79 Å². The molecule has 0 radical (unpaired) electrons. The molecule has 2 aromatic carbocycles. The third-order valence-electron chi connectivity index (χ3n) is 2.96. The monoisotopic (exact) mass is 333 g/mol. The summed E-state index contributed by atoms with van der Waals surface area (Å²) in [6.45, 7) is 0.513. The van der Waals surface area contributed by atoms with Gasteiger partial charge in [0.2, 0.25) is 0 Å². The molecular weight excluding hydrogens is 318 g/mol. The van der Waals surface area contributed by atoms with E-state index in [4.69, 9.17) is 4.74 Å². The van der Waals surface area contributed by atoms with Crippen LogP contribution in [0, 0.1) is 0 Å². The van der Waals surface area contributed by atoms with Gasteiger partial charge in [-0.1, -0.05) is 46.3 Å². The van der Waals surface area contributed by atoms with Gasteiger partial charge in [-0.2, -0.15) is 0 Å². The van der Waals surface area contributed by atoms with Crippen LogP contribution in [0.15, 0.2) is 48.5 Å². The fourth-order valence-corrected chi connectivity index (χ4v) is 2.17. The second kappa shape index (κ2) is 7.10. The first-order valence-corrected chi connectivity index (χ1v) is 7.41. The molecule has 1 N–H and O–H groups in total. The molecule has 2 aromatic rings. The van der Waals surface area contributed by atoms with E-state index in [2.05, 4.69) is 21.2 Å². The number of benzene rings is 2. The standard InChI is InChI=1S/C16H16BrNO2/c1-20-15-4-2-3-14(9-15)16(19)18-11-13-7-5-12(10-17)6-8-13/h2-9H,10-11H2,1H3,(H,18,19). The molecule has 0 spiro atoms. The van der Waals surface area contributed by atoms with Crippen LogP contribution in [0.1, 0.15) is 21.5 Å². The Morgan fingerprint density at radius 1 is 1.15 bits per heavy atom. The van der Waals surface area contributed by atoms with Gasteiger partial charge in [0.1, 0.15) is 5.75 Å². The predicted octanol–water partition coefficient (Wildman–Crippen LogP) is 3.52. The number of hydrogen-bond donors (Lipinski definition) is 1. The van der Waals surface area contributed by atoms with Gasteiger partial charge in [0.15, 0.2) is 0 Å². The third-order valence-corrected chi connectivity index (χ3v) is 3.61. The number of amides is 1. The quantitative estimate of drug-likeness (QED) is 0.850. The van der Waals surface area contributed by atoms with Crippen molar-refractivity contribution < 1.29 is 9.53 Å². The van der Waals surface area contributed by atoms with Crippen LogP contribution >= 0.6 is 15.9 Å². The molecule has 0 heterocycles. The average molecular weight is 334 g/mol. The van der Waals surface area contributed by atoms with Crippen molar-refractivity contribution in [1.82, 2.24) is 5.32 Å². The van der Waals surface area contributed by atoms with Crippen LogP contribution in [0.4, 0.5) is 0 Å². The fourth-order valence-electron chi connectivity index (χ4n) is 1.79. The van der Waals surface area contributed by atoms with Crippen molar-refractivity contribution in [2.75, 3.05) is 7.11 Å². The van der Waals surface area contributed by atoms with Gasteiger partial charge in [-0.15, -0.1) is 0 Å². The molecule has 20 heavy (non-hydrogen) atoms. The van der Waals surface area contributed by atoms with E-state index in [1.165, 1.54) is 5.56 Å². The minimum absolute atomic E-state index is 0.103. The van der Waals surface area contributed by atoms with Crippen molar-refractivity contribution in [2.24, 2.45) is 0 Å². The maximum absolute atomic E-state index is 12.0. The molecular formula is C16H16BrNO2. The average Bonchev–Trinajstić information content (AvgIpc) is 2.53. The topological polar surface area (TPSA) is 38.3 Å². The van der Waals surface area contributed by atoms with E-state index in [-0.39, 0.29) is 5.91 Å². The molecule has 0 unspecified atom stereocenters. The molecule has 0 fully saturated rings. The molecule has 0 aliphatic carbocycles. The Hall–Kier alpha value is -1.81. The fraction of sp³-hybridized carbons (Fsp3) is 0.188. The minimum atomic E-state index is -0.103. The molecule has 0 saturated carbocycles. The lowest BCUT2D eigenvalue weighted by molar-refractivity contribution is 0.0950. The third kappa shape index (κ3) is 3.84. The molecule has 0 aliphatic rings. The molecule has 104 valence electrons. The van der Waals surface area contributed by atoms with E-state index in [9.17, 15) is 4.79 Å². The van der Waals surface area contributed by atoms with Crippen molar-refractivity contribution in [3.63, 3.8) is 0 Å². The highest BCUT2D eigenvalue weighted by Gasteiger charge is 2.06. The summed E-state index contributed by atoms with van der Waals surface area (Å²) in [7, 11) is 1.59. The molecule has 3 nitrogen and oxygen atoms in total. The van der Waals surface area contributed by atoms with Crippen molar-refractivity contribution in [1.29, 1.82) is 0 Å². The summed E-state index contributed by atoms with van der Waals surface area (Å²) in [5, 5.41) is 3.73. The maximum atomic E-state index is 12.0. The summed E-state index contributed by atoms with van der Waals surface area (Å²) < 4.78 is 5.11.